The Kier molecular flexibility index (Phi) is 6.51. The fourth-order valence-electron chi connectivity index (χ4n) is 3.85. The quantitative estimate of drug-likeness (QED) is 0.317. The van der Waals surface area contributed by atoms with Gasteiger partial charge in [-0.05, 0) is 35.4 Å². The van der Waals surface area contributed by atoms with Gasteiger partial charge in [0.05, 0.1) is 7.11 Å². The number of rotatable bonds is 6. The third-order valence-electron chi connectivity index (χ3n) is 5.44. The molecule has 0 radical (unpaired) electrons. The van der Waals surface area contributed by atoms with Gasteiger partial charge in [0.1, 0.15) is 6.61 Å². The predicted molar refractivity (Wildman–Crippen MR) is 123 cm³/mol. The lowest BCUT2D eigenvalue weighted by Gasteiger charge is -2.31. The number of ether oxygens (including phenoxy) is 1. The van der Waals surface area contributed by atoms with E-state index in [1.165, 1.54) is 31.1 Å². The standard InChI is InChI=1S/C26H22N2O6/c1-17(29)27(19-11-7-4-8-12-19)20-13-14-21-22(15-20)24(30)28(25(31)23(21)26(32)33-2)34-16-18-9-5-3-6-10-18/h3-15,23H,16H2,1-2H3. The Balaban J connectivity index is 1.76. The molecule has 0 spiro atoms. The van der Waals surface area contributed by atoms with Crippen molar-refractivity contribution in [3.05, 3.63) is 95.6 Å². The normalized spacial score (nSPS) is 15.0. The van der Waals surface area contributed by atoms with E-state index in [2.05, 4.69) is 0 Å². The number of para-hydroxylation sites is 1. The van der Waals surface area contributed by atoms with Crippen molar-refractivity contribution in [3.63, 3.8) is 0 Å². The molecule has 4 rings (SSSR count). The third kappa shape index (κ3) is 4.31. The second-order valence-corrected chi connectivity index (χ2v) is 7.61. The van der Waals surface area contributed by atoms with E-state index in [0.717, 1.165) is 5.56 Å². The van der Waals surface area contributed by atoms with Crippen LogP contribution in [0.1, 0.15) is 34.3 Å². The number of anilines is 2. The molecule has 0 bridgehead atoms. The number of benzene rings is 3. The molecule has 3 amide bonds. The first-order valence-electron chi connectivity index (χ1n) is 10.5. The maximum atomic E-state index is 13.3. The van der Waals surface area contributed by atoms with Crippen molar-refractivity contribution >= 4 is 35.1 Å². The van der Waals surface area contributed by atoms with Gasteiger partial charge in [0, 0.05) is 23.9 Å². The number of imide groups is 1. The highest BCUT2D eigenvalue weighted by Crippen LogP contribution is 2.35. The monoisotopic (exact) mass is 458 g/mol. The summed E-state index contributed by atoms with van der Waals surface area (Å²) in [7, 11) is 1.17. The van der Waals surface area contributed by atoms with Crippen LogP contribution >= 0.6 is 0 Å². The summed E-state index contributed by atoms with van der Waals surface area (Å²) in [5.41, 5.74) is 2.02. The number of methoxy groups -OCH3 is 1. The highest BCUT2D eigenvalue weighted by atomic mass is 16.7. The van der Waals surface area contributed by atoms with Crippen molar-refractivity contribution in [2.75, 3.05) is 12.0 Å². The number of nitrogens with zero attached hydrogens (tertiary/aromatic N) is 2. The molecule has 172 valence electrons. The Morgan fingerprint density at radius 1 is 0.912 bits per heavy atom. The molecule has 0 saturated heterocycles. The SMILES string of the molecule is COC(=O)C1C(=O)N(OCc2ccccc2)C(=O)c2cc(N(C(C)=O)c3ccccc3)ccc21. The molecule has 0 aliphatic carbocycles. The lowest BCUT2D eigenvalue weighted by atomic mass is 9.88. The van der Waals surface area contributed by atoms with E-state index < -0.39 is 23.7 Å². The van der Waals surface area contributed by atoms with Crippen LogP contribution in [0.4, 0.5) is 11.4 Å². The van der Waals surface area contributed by atoms with E-state index in [1.54, 1.807) is 54.6 Å². The van der Waals surface area contributed by atoms with E-state index in [9.17, 15) is 19.2 Å². The first-order chi connectivity index (χ1) is 16.4. The van der Waals surface area contributed by atoms with Crippen molar-refractivity contribution in [1.82, 2.24) is 5.06 Å². The predicted octanol–water partition coefficient (Wildman–Crippen LogP) is 3.74. The molecule has 1 aliphatic heterocycles. The van der Waals surface area contributed by atoms with Crippen molar-refractivity contribution in [2.24, 2.45) is 0 Å². The van der Waals surface area contributed by atoms with Gasteiger partial charge < -0.3 is 4.74 Å². The largest absolute Gasteiger partial charge is 0.468 e. The first-order valence-corrected chi connectivity index (χ1v) is 10.5. The maximum absolute atomic E-state index is 13.3. The average Bonchev–Trinajstić information content (AvgIpc) is 2.85. The number of amides is 3. The summed E-state index contributed by atoms with van der Waals surface area (Å²) in [6.45, 7) is 1.36. The minimum atomic E-state index is -1.37. The van der Waals surface area contributed by atoms with Crippen LogP contribution in [0.25, 0.3) is 0 Å². The average molecular weight is 458 g/mol. The molecular formula is C26H22N2O6. The van der Waals surface area contributed by atoms with E-state index in [0.29, 0.717) is 16.4 Å². The van der Waals surface area contributed by atoms with Crippen LogP contribution < -0.4 is 4.90 Å². The van der Waals surface area contributed by atoms with Crippen LogP contribution in [0.2, 0.25) is 0 Å². The molecule has 8 heteroatoms. The summed E-state index contributed by atoms with van der Waals surface area (Å²) in [5, 5.41) is 0.599. The van der Waals surface area contributed by atoms with Crippen LogP contribution in [-0.4, -0.2) is 35.9 Å². The third-order valence-corrected chi connectivity index (χ3v) is 5.44. The molecule has 0 fully saturated rings. The van der Waals surface area contributed by atoms with Crippen molar-refractivity contribution in [1.29, 1.82) is 0 Å². The maximum Gasteiger partial charge on any atom is 0.322 e. The van der Waals surface area contributed by atoms with Gasteiger partial charge in [0.2, 0.25) is 5.91 Å². The van der Waals surface area contributed by atoms with E-state index in [-0.39, 0.29) is 23.6 Å². The van der Waals surface area contributed by atoms with Crippen molar-refractivity contribution in [3.8, 4) is 0 Å². The Hall–Kier alpha value is -4.30. The van der Waals surface area contributed by atoms with Crippen LogP contribution in [0, 0.1) is 0 Å². The first kappa shape index (κ1) is 22.9. The summed E-state index contributed by atoms with van der Waals surface area (Å²) < 4.78 is 4.83. The van der Waals surface area contributed by atoms with E-state index >= 15 is 0 Å². The van der Waals surface area contributed by atoms with Crippen LogP contribution in [0.3, 0.4) is 0 Å². The summed E-state index contributed by atoms with van der Waals surface area (Å²) in [4.78, 5) is 58.4. The van der Waals surface area contributed by atoms with Gasteiger partial charge in [0.25, 0.3) is 11.8 Å². The Morgan fingerprint density at radius 2 is 1.56 bits per heavy atom. The number of hydrogen-bond donors (Lipinski definition) is 0. The molecule has 0 N–H and O–H groups in total. The summed E-state index contributed by atoms with van der Waals surface area (Å²) >= 11 is 0. The van der Waals surface area contributed by atoms with E-state index in [4.69, 9.17) is 9.57 Å². The lowest BCUT2D eigenvalue weighted by Crippen LogP contribution is -2.47. The van der Waals surface area contributed by atoms with Gasteiger partial charge in [-0.3, -0.25) is 28.9 Å². The topological polar surface area (TPSA) is 93.2 Å². The highest BCUT2D eigenvalue weighted by Gasteiger charge is 2.45. The minimum Gasteiger partial charge on any atom is -0.468 e. The number of esters is 1. The Bertz CT molecular complexity index is 1240. The van der Waals surface area contributed by atoms with Gasteiger partial charge in [0.15, 0.2) is 5.92 Å². The van der Waals surface area contributed by atoms with Gasteiger partial charge in [-0.1, -0.05) is 54.6 Å². The zero-order chi connectivity index (χ0) is 24.2. The second-order valence-electron chi connectivity index (χ2n) is 7.61. The van der Waals surface area contributed by atoms with Gasteiger partial charge >= 0.3 is 5.97 Å². The van der Waals surface area contributed by atoms with Gasteiger partial charge in [-0.15, -0.1) is 5.06 Å². The van der Waals surface area contributed by atoms with Crippen LogP contribution in [-0.2, 0) is 30.6 Å². The molecule has 1 aliphatic rings. The zero-order valence-electron chi connectivity index (χ0n) is 18.6. The highest BCUT2D eigenvalue weighted by molar-refractivity contribution is 6.18. The summed E-state index contributed by atoms with van der Waals surface area (Å²) in [6, 6.07) is 22.5. The zero-order valence-corrected chi connectivity index (χ0v) is 18.6. The van der Waals surface area contributed by atoms with Crippen molar-refractivity contribution < 1.29 is 28.8 Å². The number of fused-ring (bicyclic) bond motifs is 1. The minimum absolute atomic E-state index is 0.0508. The molecule has 0 saturated carbocycles. The molecule has 1 heterocycles. The molecular weight excluding hydrogens is 436 g/mol. The molecule has 1 unspecified atom stereocenters. The Labute approximate surface area is 196 Å². The molecule has 34 heavy (non-hydrogen) atoms. The smallest absolute Gasteiger partial charge is 0.322 e. The van der Waals surface area contributed by atoms with E-state index in [1.807, 2.05) is 12.1 Å². The van der Waals surface area contributed by atoms with Gasteiger partial charge in [-0.2, -0.15) is 0 Å². The van der Waals surface area contributed by atoms with Crippen LogP contribution in [0.5, 0.6) is 0 Å². The number of hydrogen-bond acceptors (Lipinski definition) is 6. The van der Waals surface area contributed by atoms with Crippen LogP contribution in [0.15, 0.2) is 78.9 Å². The van der Waals surface area contributed by atoms with Crippen molar-refractivity contribution in [2.45, 2.75) is 19.4 Å². The van der Waals surface area contributed by atoms with Gasteiger partial charge in [-0.25, -0.2) is 0 Å². The fourth-order valence-corrected chi connectivity index (χ4v) is 3.85. The molecule has 3 aromatic rings. The molecule has 8 nitrogen and oxygen atoms in total. The lowest BCUT2D eigenvalue weighted by molar-refractivity contribution is -0.179. The summed E-state index contributed by atoms with van der Waals surface area (Å²) in [6.07, 6.45) is 0. The second kappa shape index (κ2) is 9.68. The Morgan fingerprint density at radius 3 is 2.18 bits per heavy atom. The summed E-state index contributed by atoms with van der Waals surface area (Å²) in [5.74, 6) is -4.02. The number of carbonyl (C=O) groups excluding carboxylic acids is 4. The number of carbonyl (C=O) groups is 4. The fraction of sp³-hybridized carbons (Fsp3) is 0.154. The number of hydroxylamine groups is 2. The molecule has 3 aromatic carbocycles. The molecule has 0 aromatic heterocycles. The molecule has 1 atom stereocenters.